The fourth-order valence-corrected chi connectivity index (χ4v) is 5.44. The van der Waals surface area contributed by atoms with Crippen molar-refractivity contribution >= 4 is 22.8 Å². The largest absolute Gasteiger partial charge is 0.487 e. The van der Waals surface area contributed by atoms with Crippen LogP contribution in [0.5, 0.6) is 5.75 Å². The number of carbonyl (C=O) groups is 2. The number of nitrogens with one attached hydrogen (secondary N) is 1. The molecule has 1 amide bonds. The second-order valence-corrected chi connectivity index (χ2v) is 9.32. The summed E-state index contributed by atoms with van der Waals surface area (Å²) in [5.74, 6) is -0.166. The lowest BCUT2D eigenvalue weighted by molar-refractivity contribution is -0.138. The monoisotopic (exact) mass is 447 g/mol. The third-order valence-corrected chi connectivity index (χ3v) is 7.14. The van der Waals surface area contributed by atoms with Crippen LogP contribution in [0.25, 0.3) is 10.9 Å². The molecule has 33 heavy (non-hydrogen) atoms. The molecule has 7 heteroatoms. The molecule has 7 nitrogen and oxygen atoms in total. The van der Waals surface area contributed by atoms with Crippen LogP contribution in [0.2, 0.25) is 0 Å². The van der Waals surface area contributed by atoms with Gasteiger partial charge in [-0.25, -0.2) is 0 Å². The molecule has 3 heterocycles. The van der Waals surface area contributed by atoms with E-state index in [9.17, 15) is 14.7 Å². The van der Waals surface area contributed by atoms with Gasteiger partial charge in [0.15, 0.2) is 0 Å². The normalized spacial score (nSPS) is 20.3. The lowest BCUT2D eigenvalue weighted by atomic mass is 9.76. The van der Waals surface area contributed by atoms with Gasteiger partial charge in [0.2, 0.25) is 5.91 Å². The van der Waals surface area contributed by atoms with E-state index in [-0.39, 0.29) is 18.2 Å². The van der Waals surface area contributed by atoms with Crippen LogP contribution >= 0.6 is 0 Å². The topological polar surface area (TPSA) is 109 Å². The first-order valence-corrected chi connectivity index (χ1v) is 11.5. The van der Waals surface area contributed by atoms with Gasteiger partial charge in [0.05, 0.1) is 12.5 Å². The second-order valence-electron chi connectivity index (χ2n) is 9.32. The van der Waals surface area contributed by atoms with E-state index in [0.717, 1.165) is 27.8 Å². The highest BCUT2D eigenvalue weighted by Gasteiger charge is 2.44. The van der Waals surface area contributed by atoms with Crippen molar-refractivity contribution in [3.63, 3.8) is 0 Å². The zero-order valence-corrected chi connectivity index (χ0v) is 18.5. The summed E-state index contributed by atoms with van der Waals surface area (Å²) in [6.07, 6.45) is 4.49. The summed E-state index contributed by atoms with van der Waals surface area (Å²) in [5, 5.41) is 10.5. The van der Waals surface area contributed by atoms with Crippen LogP contribution in [0.15, 0.2) is 54.7 Å². The summed E-state index contributed by atoms with van der Waals surface area (Å²) in [6.45, 7) is 1.12. The van der Waals surface area contributed by atoms with Crippen molar-refractivity contribution in [3.8, 4) is 5.75 Å². The first-order valence-electron chi connectivity index (χ1n) is 11.5. The predicted octanol–water partition coefficient (Wildman–Crippen LogP) is 3.44. The Morgan fingerprint density at radius 3 is 2.67 bits per heavy atom. The number of nitrogens with two attached hydrogens (primary N) is 1. The molecule has 1 aromatic heterocycles. The highest BCUT2D eigenvalue weighted by molar-refractivity contribution is 5.86. The van der Waals surface area contributed by atoms with Crippen LogP contribution < -0.4 is 10.5 Å². The Morgan fingerprint density at radius 1 is 1.15 bits per heavy atom. The van der Waals surface area contributed by atoms with E-state index in [2.05, 4.69) is 4.98 Å². The van der Waals surface area contributed by atoms with Gasteiger partial charge in [-0.05, 0) is 36.1 Å². The highest BCUT2D eigenvalue weighted by atomic mass is 16.5. The Labute approximate surface area is 192 Å². The summed E-state index contributed by atoms with van der Waals surface area (Å²) >= 11 is 0. The van der Waals surface area contributed by atoms with Crippen molar-refractivity contribution < 1.29 is 19.4 Å². The Hall–Kier alpha value is -3.32. The fraction of sp³-hybridized carbons (Fsp3) is 0.385. The molecule has 5 rings (SSSR count). The molecule has 1 spiro atoms. The van der Waals surface area contributed by atoms with Crippen LogP contribution in [0.1, 0.15) is 42.7 Å². The first kappa shape index (κ1) is 21.5. The number of hydrogen-bond acceptors (Lipinski definition) is 4. The minimum absolute atomic E-state index is 0.0478. The van der Waals surface area contributed by atoms with Gasteiger partial charge < -0.3 is 25.5 Å². The molecule has 172 valence electrons. The molecule has 2 aliphatic rings. The molecule has 2 aromatic carbocycles. The van der Waals surface area contributed by atoms with Crippen molar-refractivity contribution in [2.75, 3.05) is 13.1 Å². The average Bonchev–Trinajstić information content (AvgIpc) is 3.21. The van der Waals surface area contributed by atoms with Gasteiger partial charge in [-0.1, -0.05) is 36.4 Å². The molecular weight excluding hydrogens is 418 g/mol. The molecular formula is C26H29N3O4. The number of H-pyrrole nitrogens is 1. The number of piperidine rings is 1. The number of likely N-dealkylation sites (tertiary alicyclic amines) is 1. The summed E-state index contributed by atoms with van der Waals surface area (Å²) < 4.78 is 6.43. The third-order valence-electron chi connectivity index (χ3n) is 7.14. The highest BCUT2D eigenvalue weighted by Crippen LogP contribution is 2.46. The standard InChI is InChI=1S/C26H29N3O4/c27-21(13-18-16-28-22-7-3-1-5-19(18)22)25(32)29-11-9-26(10-12-29)15-17(14-24(30)31)20-6-2-4-8-23(20)33-26/h1-8,16-17,21,28H,9-15,27H2,(H,30,31)/t17?,21-/m1/s1. The Bertz CT molecular complexity index is 1180. The molecule has 0 aliphatic carbocycles. The molecule has 1 fully saturated rings. The quantitative estimate of drug-likeness (QED) is 0.555. The van der Waals surface area contributed by atoms with E-state index in [1.807, 2.05) is 59.6 Å². The summed E-state index contributed by atoms with van der Waals surface area (Å²) in [7, 11) is 0. The number of aliphatic carboxylic acids is 1. The van der Waals surface area contributed by atoms with E-state index in [1.165, 1.54) is 0 Å². The smallest absolute Gasteiger partial charge is 0.303 e. The van der Waals surface area contributed by atoms with Crippen LogP contribution in [0, 0.1) is 0 Å². The molecule has 0 radical (unpaired) electrons. The van der Waals surface area contributed by atoms with Crippen molar-refractivity contribution in [1.29, 1.82) is 0 Å². The Balaban J connectivity index is 1.25. The van der Waals surface area contributed by atoms with Crippen molar-refractivity contribution in [3.05, 3.63) is 65.9 Å². The second kappa shape index (κ2) is 8.56. The molecule has 0 bridgehead atoms. The summed E-state index contributed by atoms with van der Waals surface area (Å²) in [4.78, 5) is 29.7. The minimum Gasteiger partial charge on any atom is -0.487 e. The third kappa shape index (κ3) is 4.20. The Morgan fingerprint density at radius 2 is 1.88 bits per heavy atom. The van der Waals surface area contributed by atoms with Gasteiger partial charge in [-0.2, -0.15) is 0 Å². The van der Waals surface area contributed by atoms with Crippen LogP contribution in [0.3, 0.4) is 0 Å². The number of para-hydroxylation sites is 2. The number of carboxylic acids is 1. The zero-order chi connectivity index (χ0) is 23.0. The predicted molar refractivity (Wildman–Crippen MR) is 125 cm³/mol. The molecule has 1 saturated heterocycles. The average molecular weight is 448 g/mol. The van der Waals surface area contributed by atoms with Gasteiger partial charge in [0.25, 0.3) is 0 Å². The van der Waals surface area contributed by atoms with Crippen molar-refractivity contribution in [2.45, 2.75) is 49.7 Å². The van der Waals surface area contributed by atoms with E-state index in [1.54, 1.807) is 0 Å². The van der Waals surface area contributed by atoms with E-state index < -0.39 is 17.6 Å². The van der Waals surface area contributed by atoms with Crippen LogP contribution in [-0.4, -0.2) is 51.6 Å². The molecule has 3 aromatic rings. The lowest BCUT2D eigenvalue weighted by Crippen LogP contribution is -2.55. The number of fused-ring (bicyclic) bond motifs is 2. The van der Waals surface area contributed by atoms with Gasteiger partial charge in [-0.3, -0.25) is 9.59 Å². The number of ether oxygens (including phenoxy) is 1. The number of aromatic amines is 1. The minimum atomic E-state index is -0.803. The van der Waals surface area contributed by atoms with Crippen LogP contribution in [-0.2, 0) is 16.0 Å². The number of nitrogens with zero attached hydrogens (tertiary/aromatic N) is 1. The van der Waals surface area contributed by atoms with Gasteiger partial charge in [0.1, 0.15) is 11.4 Å². The maximum absolute atomic E-state index is 13.1. The fourth-order valence-electron chi connectivity index (χ4n) is 5.44. The van der Waals surface area contributed by atoms with E-state index in [4.69, 9.17) is 10.5 Å². The molecule has 0 saturated carbocycles. The van der Waals surface area contributed by atoms with E-state index in [0.29, 0.717) is 38.8 Å². The number of hydrogen-bond donors (Lipinski definition) is 3. The maximum Gasteiger partial charge on any atom is 0.303 e. The number of carboxylic acid groups (broad SMARTS) is 1. The molecule has 4 N–H and O–H groups in total. The van der Waals surface area contributed by atoms with Gasteiger partial charge >= 0.3 is 5.97 Å². The lowest BCUT2D eigenvalue weighted by Gasteiger charge is -2.47. The zero-order valence-electron chi connectivity index (χ0n) is 18.5. The number of benzene rings is 2. The number of rotatable bonds is 5. The molecule has 2 atom stereocenters. The number of amides is 1. The summed E-state index contributed by atoms with van der Waals surface area (Å²) in [6, 6.07) is 15.1. The van der Waals surface area contributed by atoms with Crippen LogP contribution in [0.4, 0.5) is 0 Å². The van der Waals surface area contributed by atoms with E-state index >= 15 is 0 Å². The maximum atomic E-state index is 13.1. The molecule has 1 unspecified atom stereocenters. The van der Waals surface area contributed by atoms with Crippen molar-refractivity contribution in [1.82, 2.24) is 9.88 Å². The van der Waals surface area contributed by atoms with Gasteiger partial charge in [0, 0.05) is 48.9 Å². The molecule has 2 aliphatic heterocycles. The SMILES string of the molecule is N[C@H](Cc1c[nH]c2ccccc12)C(=O)N1CCC2(CC1)CC(CC(=O)O)c1ccccc1O2. The number of carbonyl (C=O) groups excluding carboxylic acids is 1. The number of aromatic nitrogens is 1. The first-order chi connectivity index (χ1) is 15.9. The van der Waals surface area contributed by atoms with Gasteiger partial charge in [-0.15, -0.1) is 0 Å². The Kier molecular flexibility index (Phi) is 5.58. The van der Waals surface area contributed by atoms with Crippen molar-refractivity contribution in [2.24, 2.45) is 5.73 Å². The summed E-state index contributed by atoms with van der Waals surface area (Å²) in [5.41, 5.74) is 8.95.